The lowest BCUT2D eigenvalue weighted by Crippen LogP contribution is -2.43. The van der Waals surface area contributed by atoms with Crippen LogP contribution in [0.15, 0.2) is 30.3 Å². The highest BCUT2D eigenvalue weighted by Crippen LogP contribution is 2.28. The second-order valence-corrected chi connectivity index (χ2v) is 6.74. The van der Waals surface area contributed by atoms with Gasteiger partial charge in [-0.25, -0.2) is 0 Å². The number of aromatic nitrogens is 2. The number of hydrogen-bond donors (Lipinski definition) is 1. The van der Waals surface area contributed by atoms with E-state index in [1.165, 1.54) is 6.42 Å². The number of amides is 1. The molecule has 26 heavy (non-hydrogen) atoms. The fraction of sp³-hybridized carbons (Fsp3) is 0.421. The maximum Gasteiger partial charge on any atom is 0.274 e. The third-order valence-corrected chi connectivity index (χ3v) is 4.96. The molecule has 3 rings (SSSR count). The smallest absolute Gasteiger partial charge is 0.274 e. The molecule has 7 heteroatoms. The van der Waals surface area contributed by atoms with Crippen LogP contribution in [-0.2, 0) is 0 Å². The van der Waals surface area contributed by atoms with E-state index in [-0.39, 0.29) is 5.91 Å². The van der Waals surface area contributed by atoms with Gasteiger partial charge in [0.25, 0.3) is 5.91 Å². The molecule has 1 saturated heterocycles. The van der Waals surface area contributed by atoms with Crippen LogP contribution in [0.1, 0.15) is 43.1 Å². The molecule has 1 unspecified atom stereocenters. The van der Waals surface area contributed by atoms with Crippen molar-refractivity contribution < 1.29 is 9.53 Å². The molecule has 1 fully saturated rings. The van der Waals surface area contributed by atoms with Gasteiger partial charge in [-0.3, -0.25) is 4.79 Å². The summed E-state index contributed by atoms with van der Waals surface area (Å²) in [7, 11) is 1.57. The zero-order chi connectivity index (χ0) is 18.5. The molecule has 2 aromatic rings. The van der Waals surface area contributed by atoms with Gasteiger partial charge in [0.15, 0.2) is 11.5 Å². The van der Waals surface area contributed by atoms with E-state index in [0.717, 1.165) is 31.5 Å². The van der Waals surface area contributed by atoms with Gasteiger partial charge in [-0.05, 0) is 56.0 Å². The summed E-state index contributed by atoms with van der Waals surface area (Å²) >= 11 is 6.12. The highest BCUT2D eigenvalue weighted by atomic mass is 35.5. The molecule has 0 spiro atoms. The molecule has 1 aliphatic heterocycles. The van der Waals surface area contributed by atoms with Gasteiger partial charge in [0.2, 0.25) is 0 Å². The molecule has 138 valence electrons. The van der Waals surface area contributed by atoms with Crippen molar-refractivity contribution in [3.05, 3.63) is 41.0 Å². The monoisotopic (exact) mass is 374 g/mol. The summed E-state index contributed by atoms with van der Waals surface area (Å²) in [5.41, 5.74) is 1.15. The summed E-state index contributed by atoms with van der Waals surface area (Å²) in [5, 5.41) is 11.9. The van der Waals surface area contributed by atoms with E-state index in [1.807, 2.05) is 11.0 Å². The Morgan fingerprint density at radius 3 is 2.81 bits per heavy atom. The molecule has 0 saturated carbocycles. The van der Waals surface area contributed by atoms with Crippen molar-refractivity contribution in [3.8, 4) is 5.75 Å². The van der Waals surface area contributed by atoms with Crippen molar-refractivity contribution in [2.75, 3.05) is 19.0 Å². The van der Waals surface area contributed by atoms with E-state index in [0.29, 0.717) is 28.3 Å². The minimum Gasteiger partial charge on any atom is -0.495 e. The number of methoxy groups -OCH3 is 1. The van der Waals surface area contributed by atoms with E-state index in [2.05, 4.69) is 22.4 Å². The van der Waals surface area contributed by atoms with Gasteiger partial charge in [0.1, 0.15) is 5.75 Å². The maximum atomic E-state index is 12.7. The van der Waals surface area contributed by atoms with Crippen LogP contribution in [0.5, 0.6) is 5.75 Å². The first kappa shape index (κ1) is 18.5. The van der Waals surface area contributed by atoms with E-state index in [4.69, 9.17) is 16.3 Å². The first-order valence-corrected chi connectivity index (χ1v) is 9.25. The number of hydrogen-bond acceptors (Lipinski definition) is 5. The van der Waals surface area contributed by atoms with Gasteiger partial charge in [0, 0.05) is 18.3 Å². The van der Waals surface area contributed by atoms with Crippen molar-refractivity contribution in [1.29, 1.82) is 0 Å². The molecular weight excluding hydrogens is 352 g/mol. The van der Waals surface area contributed by atoms with Crippen molar-refractivity contribution in [2.24, 2.45) is 0 Å². The molecule has 1 aromatic carbocycles. The van der Waals surface area contributed by atoms with Crippen molar-refractivity contribution >= 4 is 29.0 Å². The predicted molar refractivity (Wildman–Crippen MR) is 102 cm³/mol. The number of benzene rings is 1. The first-order chi connectivity index (χ1) is 12.6. The van der Waals surface area contributed by atoms with E-state index >= 15 is 0 Å². The second-order valence-electron chi connectivity index (χ2n) is 6.33. The SMILES string of the molecule is CCC1CCCCN1C(=O)c1ccc(Nc2ccc(OC)c(Cl)c2)nn1. The number of anilines is 2. The normalized spacial score (nSPS) is 17.0. The third kappa shape index (κ3) is 4.07. The highest BCUT2D eigenvalue weighted by molar-refractivity contribution is 6.32. The summed E-state index contributed by atoms with van der Waals surface area (Å²) in [4.78, 5) is 14.7. The average molecular weight is 375 g/mol. The summed E-state index contributed by atoms with van der Waals surface area (Å²) < 4.78 is 5.14. The lowest BCUT2D eigenvalue weighted by Gasteiger charge is -2.34. The van der Waals surface area contributed by atoms with E-state index < -0.39 is 0 Å². The molecule has 1 aliphatic rings. The standard InChI is InChI=1S/C19H23ClN4O2/c1-3-14-6-4-5-11-24(14)19(25)16-8-10-18(23-22-16)21-13-7-9-17(26-2)15(20)12-13/h7-10,12,14H,3-6,11H2,1-2H3,(H,21,23). The lowest BCUT2D eigenvalue weighted by atomic mass is 9.99. The fourth-order valence-corrected chi connectivity index (χ4v) is 3.50. The molecule has 0 bridgehead atoms. The Hall–Kier alpha value is -2.34. The predicted octanol–water partition coefficient (Wildman–Crippen LogP) is 4.29. The number of piperidine rings is 1. The largest absolute Gasteiger partial charge is 0.495 e. The zero-order valence-electron chi connectivity index (χ0n) is 15.0. The number of carbonyl (C=O) groups excluding carboxylic acids is 1. The number of nitrogens with one attached hydrogen (secondary N) is 1. The van der Waals surface area contributed by atoms with E-state index in [1.54, 1.807) is 31.4 Å². The lowest BCUT2D eigenvalue weighted by molar-refractivity contribution is 0.0601. The van der Waals surface area contributed by atoms with E-state index in [9.17, 15) is 4.79 Å². The van der Waals surface area contributed by atoms with Crippen LogP contribution < -0.4 is 10.1 Å². The Morgan fingerprint density at radius 2 is 2.15 bits per heavy atom. The molecule has 1 aromatic heterocycles. The number of rotatable bonds is 5. The Labute approximate surface area is 158 Å². The second kappa shape index (κ2) is 8.36. The van der Waals surface area contributed by atoms with Gasteiger partial charge in [0.05, 0.1) is 12.1 Å². The Balaban J connectivity index is 1.70. The molecule has 0 aliphatic carbocycles. The highest BCUT2D eigenvalue weighted by Gasteiger charge is 2.27. The molecule has 2 heterocycles. The molecule has 6 nitrogen and oxygen atoms in total. The van der Waals surface area contributed by atoms with Gasteiger partial charge in [-0.2, -0.15) is 0 Å². The van der Waals surface area contributed by atoms with Gasteiger partial charge < -0.3 is 15.0 Å². The van der Waals surface area contributed by atoms with Crippen molar-refractivity contribution in [3.63, 3.8) is 0 Å². The minimum atomic E-state index is -0.0388. The molecule has 1 amide bonds. The molecular formula is C19H23ClN4O2. The minimum absolute atomic E-state index is 0.0388. The third-order valence-electron chi connectivity index (χ3n) is 4.67. The number of carbonyl (C=O) groups is 1. The number of nitrogens with zero attached hydrogens (tertiary/aromatic N) is 3. The number of likely N-dealkylation sites (tertiary alicyclic amines) is 1. The summed E-state index contributed by atoms with van der Waals surface area (Å²) in [6.07, 6.45) is 4.26. The topological polar surface area (TPSA) is 67.4 Å². The van der Waals surface area contributed by atoms with Crippen LogP contribution in [0.25, 0.3) is 0 Å². The van der Waals surface area contributed by atoms with Crippen LogP contribution in [-0.4, -0.2) is 40.7 Å². The first-order valence-electron chi connectivity index (χ1n) is 8.87. The summed E-state index contributed by atoms with van der Waals surface area (Å²) in [6, 6.07) is 9.13. The van der Waals surface area contributed by atoms with Crippen LogP contribution in [0, 0.1) is 0 Å². The average Bonchev–Trinajstić information content (AvgIpc) is 2.68. The maximum absolute atomic E-state index is 12.7. The van der Waals surface area contributed by atoms with Gasteiger partial charge in [-0.1, -0.05) is 18.5 Å². The number of halogens is 1. The quantitative estimate of drug-likeness (QED) is 0.845. The van der Waals surface area contributed by atoms with Crippen molar-refractivity contribution in [2.45, 2.75) is 38.6 Å². The summed E-state index contributed by atoms with van der Waals surface area (Å²) in [5.74, 6) is 1.12. The molecule has 0 radical (unpaired) electrons. The zero-order valence-corrected chi connectivity index (χ0v) is 15.8. The van der Waals surface area contributed by atoms with Crippen LogP contribution in [0.3, 0.4) is 0 Å². The fourth-order valence-electron chi connectivity index (χ4n) is 3.24. The van der Waals surface area contributed by atoms with Crippen LogP contribution >= 0.6 is 11.6 Å². The Kier molecular flexibility index (Phi) is 5.93. The van der Waals surface area contributed by atoms with Gasteiger partial charge >= 0.3 is 0 Å². The molecule has 1 N–H and O–H groups in total. The van der Waals surface area contributed by atoms with Gasteiger partial charge in [-0.15, -0.1) is 10.2 Å². The summed E-state index contributed by atoms with van der Waals surface area (Å²) in [6.45, 7) is 2.91. The molecule has 1 atom stereocenters. The van der Waals surface area contributed by atoms with Crippen molar-refractivity contribution in [1.82, 2.24) is 15.1 Å². The van der Waals surface area contributed by atoms with Crippen LogP contribution in [0.4, 0.5) is 11.5 Å². The number of ether oxygens (including phenoxy) is 1. The Morgan fingerprint density at radius 1 is 1.31 bits per heavy atom. The Bertz CT molecular complexity index is 767. The van der Waals surface area contributed by atoms with Crippen LogP contribution in [0.2, 0.25) is 5.02 Å².